The molecule has 78 valence electrons. The summed E-state index contributed by atoms with van der Waals surface area (Å²) in [5.41, 5.74) is 5.47. The van der Waals surface area contributed by atoms with Crippen LogP contribution in [0.15, 0.2) is 6.07 Å². The first kappa shape index (κ1) is 11.0. The van der Waals surface area contributed by atoms with Crippen molar-refractivity contribution in [1.29, 1.82) is 0 Å². The number of nitrogen functional groups attached to an aromatic ring is 1. The molecule has 0 radical (unpaired) electrons. The molecule has 0 bridgehead atoms. The third-order valence-corrected chi connectivity index (χ3v) is 2.24. The van der Waals surface area contributed by atoms with Crippen LogP contribution in [0.1, 0.15) is 26.7 Å². The zero-order chi connectivity index (χ0) is 10.6. The van der Waals surface area contributed by atoms with Crippen LogP contribution in [0.5, 0.6) is 0 Å². The van der Waals surface area contributed by atoms with Crippen LogP contribution >= 0.6 is 11.6 Å². The molecular formula is C9H15ClN4. The summed E-state index contributed by atoms with van der Waals surface area (Å²) in [7, 11) is 0. The molecule has 14 heavy (non-hydrogen) atoms. The molecule has 0 atom stereocenters. The van der Waals surface area contributed by atoms with Crippen LogP contribution in [0, 0.1) is 0 Å². The molecule has 0 aliphatic carbocycles. The second-order valence-electron chi connectivity index (χ2n) is 3.09. The molecule has 0 aromatic carbocycles. The molecule has 1 aromatic rings. The van der Waals surface area contributed by atoms with E-state index in [4.69, 9.17) is 17.3 Å². The van der Waals surface area contributed by atoms with Crippen molar-refractivity contribution in [3.8, 4) is 0 Å². The molecule has 0 saturated carbocycles. The first-order valence-corrected chi connectivity index (χ1v) is 5.10. The van der Waals surface area contributed by atoms with Crippen LogP contribution in [0.4, 0.5) is 11.8 Å². The molecule has 0 aliphatic heterocycles. The van der Waals surface area contributed by atoms with Gasteiger partial charge in [0.2, 0.25) is 5.95 Å². The van der Waals surface area contributed by atoms with Crippen molar-refractivity contribution in [2.75, 3.05) is 11.1 Å². The molecule has 0 spiro atoms. The number of nitrogens with two attached hydrogens (primary N) is 1. The number of rotatable bonds is 4. The van der Waals surface area contributed by atoms with E-state index in [0.29, 0.717) is 17.0 Å². The normalized spacial score (nSPS) is 10.6. The van der Waals surface area contributed by atoms with E-state index >= 15 is 0 Å². The number of aromatic nitrogens is 2. The van der Waals surface area contributed by atoms with Crippen LogP contribution in [-0.2, 0) is 0 Å². The van der Waals surface area contributed by atoms with Gasteiger partial charge in [-0.05, 0) is 12.8 Å². The van der Waals surface area contributed by atoms with Crippen molar-refractivity contribution in [2.45, 2.75) is 32.7 Å². The molecule has 3 N–H and O–H groups in total. The summed E-state index contributed by atoms with van der Waals surface area (Å²) < 4.78 is 0. The number of nitrogens with zero attached hydrogens (tertiary/aromatic N) is 2. The zero-order valence-corrected chi connectivity index (χ0v) is 9.17. The smallest absolute Gasteiger partial charge is 0.223 e. The fraction of sp³-hybridized carbons (Fsp3) is 0.556. The first-order valence-electron chi connectivity index (χ1n) is 4.72. The minimum Gasteiger partial charge on any atom is -0.368 e. The van der Waals surface area contributed by atoms with Gasteiger partial charge in [0, 0.05) is 12.1 Å². The Bertz CT molecular complexity index is 279. The minimum absolute atomic E-state index is 0.200. The molecule has 5 heteroatoms. The number of hydrogen-bond acceptors (Lipinski definition) is 4. The van der Waals surface area contributed by atoms with E-state index in [0.717, 1.165) is 12.8 Å². The maximum absolute atomic E-state index is 5.75. The lowest BCUT2D eigenvalue weighted by molar-refractivity contribution is 0.668. The molecule has 1 heterocycles. The predicted octanol–water partition coefficient (Wildman–Crippen LogP) is 2.31. The van der Waals surface area contributed by atoms with E-state index in [1.54, 1.807) is 6.07 Å². The van der Waals surface area contributed by atoms with Gasteiger partial charge in [-0.2, -0.15) is 4.98 Å². The van der Waals surface area contributed by atoms with E-state index in [2.05, 4.69) is 29.1 Å². The van der Waals surface area contributed by atoms with Gasteiger partial charge in [-0.3, -0.25) is 0 Å². The lowest BCUT2D eigenvalue weighted by atomic mass is 10.2. The van der Waals surface area contributed by atoms with Crippen LogP contribution in [0.25, 0.3) is 0 Å². The summed E-state index contributed by atoms with van der Waals surface area (Å²) >= 11 is 5.75. The molecule has 1 rings (SSSR count). The van der Waals surface area contributed by atoms with E-state index in [9.17, 15) is 0 Å². The topological polar surface area (TPSA) is 63.8 Å². The Kier molecular flexibility index (Phi) is 3.95. The van der Waals surface area contributed by atoms with Gasteiger partial charge in [0.15, 0.2) is 0 Å². The Balaban J connectivity index is 2.75. The summed E-state index contributed by atoms with van der Waals surface area (Å²) in [6.45, 7) is 4.24. The Morgan fingerprint density at radius 2 is 2.07 bits per heavy atom. The number of halogens is 1. The zero-order valence-electron chi connectivity index (χ0n) is 8.42. The summed E-state index contributed by atoms with van der Waals surface area (Å²) in [5, 5.41) is 3.61. The quantitative estimate of drug-likeness (QED) is 0.755. The SMILES string of the molecule is CCC(CC)Nc1cc(Cl)nc(N)n1. The summed E-state index contributed by atoms with van der Waals surface area (Å²) in [6, 6.07) is 2.08. The third kappa shape index (κ3) is 3.03. The van der Waals surface area contributed by atoms with Gasteiger partial charge < -0.3 is 11.1 Å². The standard InChI is InChI=1S/C9H15ClN4/c1-3-6(4-2)12-8-5-7(10)13-9(11)14-8/h5-6H,3-4H2,1-2H3,(H3,11,12,13,14). The average molecular weight is 215 g/mol. The van der Waals surface area contributed by atoms with Gasteiger partial charge >= 0.3 is 0 Å². The summed E-state index contributed by atoms with van der Waals surface area (Å²) in [4.78, 5) is 7.83. The Morgan fingerprint density at radius 1 is 1.43 bits per heavy atom. The largest absolute Gasteiger partial charge is 0.368 e. The van der Waals surface area contributed by atoms with Gasteiger partial charge in [-0.15, -0.1) is 0 Å². The monoisotopic (exact) mass is 214 g/mol. The van der Waals surface area contributed by atoms with Gasteiger partial charge in [0.1, 0.15) is 11.0 Å². The van der Waals surface area contributed by atoms with Gasteiger partial charge in [-0.1, -0.05) is 25.4 Å². The second kappa shape index (κ2) is 5.00. The third-order valence-electron chi connectivity index (χ3n) is 2.05. The van der Waals surface area contributed by atoms with Crippen LogP contribution in [0.2, 0.25) is 5.15 Å². The van der Waals surface area contributed by atoms with Crippen molar-refractivity contribution in [2.24, 2.45) is 0 Å². The van der Waals surface area contributed by atoms with Crippen LogP contribution < -0.4 is 11.1 Å². The molecule has 1 aromatic heterocycles. The molecule has 0 unspecified atom stereocenters. The number of hydrogen-bond donors (Lipinski definition) is 2. The van der Waals surface area contributed by atoms with E-state index in [1.165, 1.54) is 0 Å². The first-order chi connectivity index (χ1) is 6.65. The molecule has 0 saturated heterocycles. The maximum Gasteiger partial charge on any atom is 0.223 e. The highest BCUT2D eigenvalue weighted by Gasteiger charge is 2.05. The van der Waals surface area contributed by atoms with Crippen molar-refractivity contribution in [1.82, 2.24) is 9.97 Å². The molecular weight excluding hydrogens is 200 g/mol. The van der Waals surface area contributed by atoms with Gasteiger partial charge in [0.05, 0.1) is 0 Å². The summed E-state index contributed by atoms with van der Waals surface area (Å²) in [6.07, 6.45) is 2.08. The molecule has 0 aliphatic rings. The molecule has 4 nitrogen and oxygen atoms in total. The maximum atomic E-state index is 5.75. The average Bonchev–Trinajstić information content (AvgIpc) is 2.12. The highest BCUT2D eigenvalue weighted by Crippen LogP contribution is 2.14. The highest BCUT2D eigenvalue weighted by atomic mass is 35.5. The minimum atomic E-state index is 0.200. The fourth-order valence-corrected chi connectivity index (χ4v) is 1.40. The Hall–Kier alpha value is -1.03. The lowest BCUT2D eigenvalue weighted by Crippen LogP contribution is -2.18. The number of anilines is 2. The highest BCUT2D eigenvalue weighted by molar-refractivity contribution is 6.29. The van der Waals surface area contributed by atoms with Crippen molar-refractivity contribution in [3.05, 3.63) is 11.2 Å². The van der Waals surface area contributed by atoms with Crippen molar-refractivity contribution < 1.29 is 0 Å². The van der Waals surface area contributed by atoms with Gasteiger partial charge in [-0.25, -0.2) is 4.98 Å². The summed E-state index contributed by atoms with van der Waals surface area (Å²) in [5.74, 6) is 0.891. The molecule has 0 amide bonds. The number of nitrogens with one attached hydrogen (secondary N) is 1. The van der Waals surface area contributed by atoms with E-state index in [1.807, 2.05) is 0 Å². The van der Waals surface area contributed by atoms with E-state index in [-0.39, 0.29) is 5.95 Å². The fourth-order valence-electron chi connectivity index (χ4n) is 1.21. The molecule has 0 fully saturated rings. The van der Waals surface area contributed by atoms with Crippen LogP contribution in [0.3, 0.4) is 0 Å². The second-order valence-corrected chi connectivity index (χ2v) is 3.48. The predicted molar refractivity (Wildman–Crippen MR) is 59.4 cm³/mol. The Labute approximate surface area is 88.9 Å². The van der Waals surface area contributed by atoms with Gasteiger partial charge in [0.25, 0.3) is 0 Å². The lowest BCUT2D eigenvalue weighted by Gasteiger charge is -2.15. The van der Waals surface area contributed by atoms with Crippen molar-refractivity contribution >= 4 is 23.4 Å². The van der Waals surface area contributed by atoms with E-state index < -0.39 is 0 Å². The Morgan fingerprint density at radius 3 is 2.57 bits per heavy atom. The van der Waals surface area contributed by atoms with Crippen LogP contribution in [-0.4, -0.2) is 16.0 Å². The van der Waals surface area contributed by atoms with Crippen molar-refractivity contribution in [3.63, 3.8) is 0 Å².